The third-order valence-electron chi connectivity index (χ3n) is 2.15. The average Bonchev–Trinajstić information content (AvgIpc) is 2.23. The Balaban J connectivity index is 2.41. The summed E-state index contributed by atoms with van der Waals surface area (Å²) >= 11 is 0. The van der Waals surface area contributed by atoms with Crippen molar-refractivity contribution in [2.24, 2.45) is 5.92 Å². The maximum absolute atomic E-state index is 12.9. The Morgan fingerprint density at radius 1 is 1.47 bits per heavy atom. The second-order valence-electron chi connectivity index (χ2n) is 3.70. The number of nitrogens with one attached hydrogen (secondary N) is 1. The lowest BCUT2D eigenvalue weighted by molar-refractivity contribution is 0.233. The molecule has 15 heavy (non-hydrogen) atoms. The van der Waals surface area contributed by atoms with E-state index in [1.165, 1.54) is 12.1 Å². The quantitative estimate of drug-likeness (QED) is 0.690. The van der Waals surface area contributed by atoms with Crippen molar-refractivity contribution >= 4 is 0 Å². The van der Waals surface area contributed by atoms with Gasteiger partial charge in [-0.2, -0.15) is 0 Å². The maximum Gasteiger partial charge on any atom is 0.165 e. The molecule has 0 aliphatic rings. The van der Waals surface area contributed by atoms with E-state index >= 15 is 0 Å². The van der Waals surface area contributed by atoms with E-state index in [0.29, 0.717) is 13.1 Å². The highest BCUT2D eigenvalue weighted by molar-refractivity contribution is 5.27. The van der Waals surface area contributed by atoms with Gasteiger partial charge >= 0.3 is 0 Å². The summed E-state index contributed by atoms with van der Waals surface area (Å²) in [5.41, 5.74) is 0.774. The molecular formula is C11H16FNO2. The van der Waals surface area contributed by atoms with Crippen LogP contribution in [0.1, 0.15) is 12.5 Å². The predicted molar refractivity (Wildman–Crippen MR) is 56.0 cm³/mol. The number of aliphatic hydroxyl groups is 1. The summed E-state index contributed by atoms with van der Waals surface area (Å²) in [5.74, 6) is -0.751. The molecule has 1 rings (SSSR count). The van der Waals surface area contributed by atoms with Crippen LogP contribution in [0.25, 0.3) is 0 Å². The smallest absolute Gasteiger partial charge is 0.165 e. The molecule has 0 aliphatic heterocycles. The van der Waals surface area contributed by atoms with Gasteiger partial charge in [-0.15, -0.1) is 0 Å². The lowest BCUT2D eigenvalue weighted by Crippen LogP contribution is -2.22. The Hall–Kier alpha value is -1.13. The minimum Gasteiger partial charge on any atom is -0.505 e. The number of hydrogen-bond acceptors (Lipinski definition) is 3. The molecule has 0 saturated carbocycles. The number of phenolic OH excluding ortho intramolecular Hbond substituents is 1. The largest absolute Gasteiger partial charge is 0.505 e. The van der Waals surface area contributed by atoms with Gasteiger partial charge in [0.1, 0.15) is 0 Å². The Labute approximate surface area is 88.6 Å². The summed E-state index contributed by atoms with van der Waals surface area (Å²) < 4.78 is 12.9. The van der Waals surface area contributed by atoms with Gasteiger partial charge in [0.2, 0.25) is 0 Å². The third kappa shape index (κ3) is 3.85. The number of rotatable bonds is 5. The number of aliphatic hydroxyl groups excluding tert-OH is 1. The van der Waals surface area contributed by atoms with Gasteiger partial charge in [0, 0.05) is 19.7 Å². The molecule has 0 saturated heterocycles. The topological polar surface area (TPSA) is 52.5 Å². The Bertz CT molecular complexity index is 317. The first-order chi connectivity index (χ1) is 7.13. The van der Waals surface area contributed by atoms with E-state index in [4.69, 9.17) is 10.2 Å². The number of phenols is 1. The van der Waals surface area contributed by atoms with Crippen molar-refractivity contribution < 1.29 is 14.6 Å². The fraction of sp³-hybridized carbons (Fsp3) is 0.455. The first-order valence-electron chi connectivity index (χ1n) is 4.92. The van der Waals surface area contributed by atoms with Gasteiger partial charge in [0.25, 0.3) is 0 Å². The second-order valence-corrected chi connectivity index (χ2v) is 3.70. The van der Waals surface area contributed by atoms with Gasteiger partial charge in [0.05, 0.1) is 0 Å². The van der Waals surface area contributed by atoms with Crippen LogP contribution in [-0.2, 0) is 6.54 Å². The molecule has 3 N–H and O–H groups in total. The van der Waals surface area contributed by atoms with Crippen LogP contribution in [0.15, 0.2) is 18.2 Å². The van der Waals surface area contributed by atoms with E-state index in [1.807, 2.05) is 6.92 Å². The number of aromatic hydroxyl groups is 1. The minimum atomic E-state index is -0.607. The highest BCUT2D eigenvalue weighted by atomic mass is 19.1. The summed E-state index contributed by atoms with van der Waals surface area (Å²) in [6.07, 6.45) is 0. The van der Waals surface area contributed by atoms with E-state index in [2.05, 4.69) is 5.32 Å². The van der Waals surface area contributed by atoms with E-state index < -0.39 is 5.82 Å². The molecule has 0 spiro atoms. The van der Waals surface area contributed by atoms with E-state index in [0.717, 1.165) is 5.56 Å². The highest BCUT2D eigenvalue weighted by Crippen LogP contribution is 2.15. The normalized spacial score (nSPS) is 12.7. The Morgan fingerprint density at radius 2 is 2.20 bits per heavy atom. The molecule has 0 radical (unpaired) electrons. The molecule has 0 heterocycles. The van der Waals surface area contributed by atoms with Crippen LogP contribution in [0.5, 0.6) is 5.75 Å². The van der Waals surface area contributed by atoms with Gasteiger partial charge in [-0.3, -0.25) is 0 Å². The van der Waals surface area contributed by atoms with Crippen LogP contribution < -0.4 is 5.32 Å². The van der Waals surface area contributed by atoms with Gasteiger partial charge in [0.15, 0.2) is 11.6 Å². The maximum atomic E-state index is 12.9. The zero-order chi connectivity index (χ0) is 11.3. The first-order valence-corrected chi connectivity index (χ1v) is 4.92. The predicted octanol–water partition coefficient (Wildman–Crippen LogP) is 1.25. The van der Waals surface area contributed by atoms with E-state index in [9.17, 15) is 4.39 Å². The fourth-order valence-electron chi connectivity index (χ4n) is 1.19. The van der Waals surface area contributed by atoms with Crippen molar-refractivity contribution in [2.45, 2.75) is 13.5 Å². The molecule has 1 unspecified atom stereocenters. The van der Waals surface area contributed by atoms with E-state index in [1.54, 1.807) is 6.07 Å². The molecule has 1 atom stereocenters. The van der Waals surface area contributed by atoms with Crippen molar-refractivity contribution in [1.29, 1.82) is 0 Å². The van der Waals surface area contributed by atoms with Crippen LogP contribution in [0.4, 0.5) is 4.39 Å². The second kappa shape index (κ2) is 5.68. The zero-order valence-electron chi connectivity index (χ0n) is 8.70. The van der Waals surface area contributed by atoms with Crippen molar-refractivity contribution in [2.75, 3.05) is 13.2 Å². The minimum absolute atomic E-state index is 0.136. The molecule has 0 aliphatic carbocycles. The van der Waals surface area contributed by atoms with Crippen LogP contribution in [0, 0.1) is 11.7 Å². The number of halogens is 1. The fourth-order valence-corrected chi connectivity index (χ4v) is 1.19. The molecule has 1 aromatic carbocycles. The third-order valence-corrected chi connectivity index (χ3v) is 2.15. The molecule has 0 bridgehead atoms. The van der Waals surface area contributed by atoms with Gasteiger partial charge < -0.3 is 15.5 Å². The number of benzene rings is 1. The van der Waals surface area contributed by atoms with Crippen molar-refractivity contribution in [1.82, 2.24) is 5.32 Å². The van der Waals surface area contributed by atoms with Gasteiger partial charge in [-0.25, -0.2) is 4.39 Å². The van der Waals surface area contributed by atoms with Gasteiger partial charge in [-0.05, 0) is 23.6 Å². The van der Waals surface area contributed by atoms with Crippen molar-refractivity contribution in [3.63, 3.8) is 0 Å². The Kier molecular flexibility index (Phi) is 4.52. The van der Waals surface area contributed by atoms with Crippen LogP contribution in [-0.4, -0.2) is 23.4 Å². The van der Waals surface area contributed by atoms with Crippen molar-refractivity contribution in [3.8, 4) is 5.75 Å². The Morgan fingerprint density at radius 3 is 2.80 bits per heavy atom. The van der Waals surface area contributed by atoms with Crippen LogP contribution >= 0.6 is 0 Å². The summed E-state index contributed by atoms with van der Waals surface area (Å²) in [7, 11) is 0. The lowest BCUT2D eigenvalue weighted by Gasteiger charge is -2.09. The van der Waals surface area contributed by atoms with Crippen molar-refractivity contribution in [3.05, 3.63) is 29.6 Å². The number of hydrogen-bond donors (Lipinski definition) is 3. The molecule has 4 heteroatoms. The lowest BCUT2D eigenvalue weighted by atomic mass is 10.2. The highest BCUT2D eigenvalue weighted by Gasteiger charge is 2.02. The average molecular weight is 213 g/mol. The van der Waals surface area contributed by atoms with Crippen LogP contribution in [0.2, 0.25) is 0 Å². The van der Waals surface area contributed by atoms with E-state index in [-0.39, 0.29) is 18.3 Å². The standard InChI is InChI=1S/C11H16FNO2/c1-8(7-14)5-13-6-9-2-3-11(15)10(12)4-9/h2-4,8,13-15H,5-7H2,1H3. The molecule has 1 aromatic rings. The molecule has 0 fully saturated rings. The summed E-state index contributed by atoms with van der Waals surface area (Å²) in [6, 6.07) is 4.29. The summed E-state index contributed by atoms with van der Waals surface area (Å²) in [6.45, 7) is 3.27. The first kappa shape index (κ1) is 11.9. The summed E-state index contributed by atoms with van der Waals surface area (Å²) in [4.78, 5) is 0. The van der Waals surface area contributed by atoms with Crippen LogP contribution in [0.3, 0.4) is 0 Å². The summed E-state index contributed by atoms with van der Waals surface area (Å²) in [5, 5.41) is 20.8. The monoisotopic (exact) mass is 213 g/mol. The molecule has 3 nitrogen and oxygen atoms in total. The molecule has 0 amide bonds. The molecule has 84 valence electrons. The molecular weight excluding hydrogens is 197 g/mol. The SMILES string of the molecule is CC(CO)CNCc1ccc(O)c(F)c1. The zero-order valence-corrected chi connectivity index (χ0v) is 8.70. The van der Waals surface area contributed by atoms with Gasteiger partial charge in [-0.1, -0.05) is 13.0 Å². The molecule has 0 aromatic heterocycles.